The predicted molar refractivity (Wildman–Crippen MR) is 123 cm³/mol. The number of carbonyl (C=O) groups excluding carboxylic acids is 1. The van der Waals surface area contributed by atoms with Crippen LogP contribution in [0.25, 0.3) is 0 Å². The number of aliphatic imine (C=N–C) groups is 1. The maximum absolute atomic E-state index is 13.4. The Hall–Kier alpha value is -3.83. The first-order chi connectivity index (χ1) is 17.4. The molecule has 4 rings (SSSR count). The molecule has 0 aliphatic carbocycles. The fourth-order valence-electron chi connectivity index (χ4n) is 4.22. The number of pyridine rings is 1. The number of nitriles is 1. The van der Waals surface area contributed by atoms with Crippen LogP contribution in [0.1, 0.15) is 24.1 Å². The summed E-state index contributed by atoms with van der Waals surface area (Å²) >= 11 is 0. The first-order valence-electron chi connectivity index (χ1n) is 10.9. The highest BCUT2D eigenvalue weighted by atomic mass is 32.2. The Labute approximate surface area is 209 Å². The molecule has 37 heavy (non-hydrogen) atoms. The lowest BCUT2D eigenvalue weighted by molar-refractivity contribution is -0.141. The lowest BCUT2D eigenvalue weighted by Crippen LogP contribution is -2.58. The molecule has 1 amide bonds. The lowest BCUT2D eigenvalue weighted by Gasteiger charge is -2.33. The minimum absolute atomic E-state index is 0.0920. The van der Waals surface area contributed by atoms with Gasteiger partial charge in [0.05, 0.1) is 23.8 Å². The van der Waals surface area contributed by atoms with E-state index in [0.29, 0.717) is 0 Å². The van der Waals surface area contributed by atoms with E-state index in [0.717, 1.165) is 40.8 Å². The van der Waals surface area contributed by atoms with Crippen LogP contribution in [0.15, 0.2) is 64.8 Å². The molecule has 2 aromatic rings. The zero-order chi connectivity index (χ0) is 26.9. The summed E-state index contributed by atoms with van der Waals surface area (Å²) in [6.07, 6.45) is 0.723. The first-order valence-corrected chi connectivity index (χ1v) is 12.4. The summed E-state index contributed by atoms with van der Waals surface area (Å²) in [5.41, 5.74) is -4.34. The Morgan fingerprint density at radius 2 is 1.95 bits per heavy atom. The van der Waals surface area contributed by atoms with Crippen LogP contribution in [0.2, 0.25) is 0 Å². The molecule has 0 spiro atoms. The summed E-state index contributed by atoms with van der Waals surface area (Å²) in [5.74, 6) is -1.57. The van der Waals surface area contributed by atoms with E-state index >= 15 is 0 Å². The quantitative estimate of drug-likeness (QED) is 0.546. The van der Waals surface area contributed by atoms with Crippen molar-refractivity contribution in [3.63, 3.8) is 0 Å². The van der Waals surface area contributed by atoms with E-state index in [2.05, 4.69) is 20.6 Å². The van der Waals surface area contributed by atoms with Gasteiger partial charge in [-0.15, -0.1) is 0 Å². The van der Waals surface area contributed by atoms with E-state index in [9.17, 15) is 36.0 Å². The summed E-state index contributed by atoms with van der Waals surface area (Å²) in [6.45, 7) is -0.419. The molecule has 1 saturated heterocycles. The van der Waals surface area contributed by atoms with Crippen LogP contribution in [-0.2, 0) is 26.5 Å². The number of nitrogens with one attached hydrogen (secondary N) is 2. The summed E-state index contributed by atoms with van der Waals surface area (Å²) in [5, 5.41) is 15.3. The molecule has 194 valence electrons. The van der Waals surface area contributed by atoms with Crippen molar-refractivity contribution in [2.24, 2.45) is 4.99 Å². The minimum Gasteiger partial charge on any atom is -0.353 e. The van der Waals surface area contributed by atoms with E-state index in [1.54, 1.807) is 0 Å². The number of amides is 1. The van der Waals surface area contributed by atoms with Crippen molar-refractivity contribution in [1.82, 2.24) is 19.9 Å². The Morgan fingerprint density at radius 3 is 2.51 bits per heavy atom. The molecule has 2 atom stereocenters. The average molecular weight is 537 g/mol. The third kappa shape index (κ3) is 4.79. The summed E-state index contributed by atoms with van der Waals surface area (Å²) < 4.78 is 79.5. The number of carbonyl (C=O) groups is 1. The second-order valence-electron chi connectivity index (χ2n) is 8.40. The molecule has 3 heterocycles. The fraction of sp³-hybridized carbons (Fsp3) is 0.304. The normalized spacial score (nSPS) is 23.9. The summed E-state index contributed by atoms with van der Waals surface area (Å²) in [7, 11) is -4.34. The van der Waals surface area contributed by atoms with Gasteiger partial charge in [-0.1, -0.05) is 6.07 Å². The van der Waals surface area contributed by atoms with Crippen LogP contribution < -0.4 is 10.6 Å². The highest BCUT2D eigenvalue weighted by Crippen LogP contribution is 2.36. The largest absolute Gasteiger partial charge is 0.433 e. The second-order valence-corrected chi connectivity index (χ2v) is 10.3. The Morgan fingerprint density at radius 1 is 1.22 bits per heavy atom. The van der Waals surface area contributed by atoms with Crippen LogP contribution in [0, 0.1) is 17.1 Å². The minimum atomic E-state index is -4.64. The van der Waals surface area contributed by atoms with Crippen molar-refractivity contribution in [3.8, 4) is 6.07 Å². The number of alkyl halides is 3. The Balaban J connectivity index is 1.62. The molecule has 0 saturated carbocycles. The number of halogens is 4. The maximum Gasteiger partial charge on any atom is 0.433 e. The number of sulfonamides is 1. The van der Waals surface area contributed by atoms with Crippen molar-refractivity contribution in [2.75, 3.05) is 13.1 Å². The van der Waals surface area contributed by atoms with Crippen LogP contribution >= 0.6 is 0 Å². The third-order valence-electron chi connectivity index (χ3n) is 6.18. The van der Waals surface area contributed by atoms with Crippen molar-refractivity contribution in [1.29, 1.82) is 5.26 Å². The van der Waals surface area contributed by atoms with Gasteiger partial charge >= 0.3 is 6.18 Å². The van der Waals surface area contributed by atoms with Crippen LogP contribution in [0.3, 0.4) is 0 Å². The molecule has 0 radical (unpaired) electrons. The first kappa shape index (κ1) is 26.2. The van der Waals surface area contributed by atoms with E-state index < -0.39 is 44.7 Å². The Kier molecular flexibility index (Phi) is 6.78. The zero-order valence-electron chi connectivity index (χ0n) is 19.0. The van der Waals surface area contributed by atoms with Crippen molar-refractivity contribution < 1.29 is 30.8 Å². The number of rotatable bonds is 6. The molecule has 1 aromatic heterocycles. The standard InChI is InChI=1S/C23H20F4N6O3S/c24-17-3-5-18(6-4-17)37(35,36)33-11-1-8-22(33,13-28)20(34)31-14-21(9-10-29-15-32-21)16-2-7-19(30-12-16)23(25,26)27/h2-7,9-10,12,15H,1,8,11,14H2,(H,29,32)(H,31,34)/t21?,22-/m1/s1. The third-order valence-corrected chi connectivity index (χ3v) is 8.13. The number of benzene rings is 1. The Bertz CT molecular complexity index is 1370. The highest BCUT2D eigenvalue weighted by Gasteiger charge is 2.54. The SMILES string of the molecule is N#C[C@@]1(C(=O)NCC2(c3ccc(C(F)(F)F)nc3)C=CNC=N2)CCCN1S(=O)(=O)c1ccc(F)cc1. The van der Waals surface area contributed by atoms with Crippen LogP contribution in [0.5, 0.6) is 0 Å². The number of hydrogen-bond donors (Lipinski definition) is 2. The van der Waals surface area contributed by atoms with Gasteiger partial charge in [-0.25, -0.2) is 12.8 Å². The number of nitrogens with zero attached hydrogens (tertiary/aromatic N) is 4. The van der Waals surface area contributed by atoms with Gasteiger partial charge in [-0.2, -0.15) is 22.7 Å². The maximum atomic E-state index is 13.4. The van der Waals surface area contributed by atoms with E-state index in [1.165, 1.54) is 24.7 Å². The zero-order valence-corrected chi connectivity index (χ0v) is 19.9. The number of aromatic nitrogens is 1. The molecular formula is C23H20F4N6O3S. The van der Waals surface area contributed by atoms with Crippen molar-refractivity contribution in [3.05, 3.63) is 71.9 Å². The lowest BCUT2D eigenvalue weighted by atomic mass is 9.90. The molecule has 1 unspecified atom stereocenters. The molecule has 2 aliphatic rings. The molecule has 2 N–H and O–H groups in total. The van der Waals surface area contributed by atoms with Crippen LogP contribution in [0.4, 0.5) is 17.6 Å². The van der Waals surface area contributed by atoms with Crippen molar-refractivity contribution in [2.45, 2.75) is 35.0 Å². The summed E-state index contributed by atoms with van der Waals surface area (Å²) in [4.78, 5) is 20.9. The molecule has 14 heteroatoms. The molecule has 9 nitrogen and oxygen atoms in total. The van der Waals surface area contributed by atoms with Gasteiger partial charge in [0.15, 0.2) is 0 Å². The topological polar surface area (TPSA) is 128 Å². The van der Waals surface area contributed by atoms with E-state index in [4.69, 9.17) is 0 Å². The van der Waals surface area contributed by atoms with Gasteiger partial charge < -0.3 is 10.6 Å². The predicted octanol–water partition coefficient (Wildman–Crippen LogP) is 2.44. The molecule has 0 bridgehead atoms. The monoisotopic (exact) mass is 536 g/mol. The smallest absolute Gasteiger partial charge is 0.353 e. The van der Waals surface area contributed by atoms with E-state index in [1.807, 2.05) is 6.07 Å². The van der Waals surface area contributed by atoms with Gasteiger partial charge in [0.25, 0.3) is 5.91 Å². The fourth-order valence-corrected chi connectivity index (χ4v) is 5.95. The van der Waals surface area contributed by atoms with Crippen LogP contribution in [-0.4, -0.2) is 48.6 Å². The van der Waals surface area contributed by atoms with Gasteiger partial charge in [0.1, 0.15) is 17.1 Å². The molecule has 2 aliphatic heterocycles. The van der Waals surface area contributed by atoms with Gasteiger partial charge in [0.2, 0.25) is 15.6 Å². The second kappa shape index (κ2) is 9.56. The average Bonchev–Trinajstić information content (AvgIpc) is 3.34. The molecule has 1 aromatic carbocycles. The highest BCUT2D eigenvalue weighted by molar-refractivity contribution is 7.89. The molecule has 1 fully saturated rings. The van der Waals surface area contributed by atoms with E-state index in [-0.39, 0.29) is 36.4 Å². The number of hydrogen-bond acceptors (Lipinski definition) is 7. The van der Waals surface area contributed by atoms with Gasteiger partial charge in [0, 0.05) is 24.5 Å². The van der Waals surface area contributed by atoms with Gasteiger partial charge in [-0.05, 0) is 49.2 Å². The summed E-state index contributed by atoms with van der Waals surface area (Å²) in [6, 6.07) is 7.81. The molecular weight excluding hydrogens is 516 g/mol. The van der Waals surface area contributed by atoms with Gasteiger partial charge in [-0.3, -0.25) is 14.8 Å². The van der Waals surface area contributed by atoms with Crippen molar-refractivity contribution >= 4 is 22.3 Å².